The minimum absolute atomic E-state index is 0.192. The lowest BCUT2D eigenvalue weighted by atomic mass is 10.2. The second-order valence-corrected chi connectivity index (χ2v) is 6.52. The number of imidazole rings is 1. The van der Waals surface area contributed by atoms with Crippen molar-refractivity contribution in [2.75, 3.05) is 5.32 Å². The SMILES string of the molecule is Cc1ccc(Cl)cc1NC(=O)c1ccn2cc(-c3ccccc3)nc2c1. The van der Waals surface area contributed by atoms with Gasteiger partial charge in [0.15, 0.2) is 0 Å². The first-order valence-corrected chi connectivity index (χ1v) is 8.60. The minimum Gasteiger partial charge on any atom is -0.322 e. The summed E-state index contributed by atoms with van der Waals surface area (Å²) in [6.45, 7) is 1.93. The summed E-state index contributed by atoms with van der Waals surface area (Å²) in [5.74, 6) is -0.192. The lowest BCUT2D eigenvalue weighted by molar-refractivity contribution is 0.102. The zero-order valence-corrected chi connectivity index (χ0v) is 14.9. The van der Waals surface area contributed by atoms with Gasteiger partial charge in [-0.2, -0.15) is 0 Å². The number of nitrogens with zero attached hydrogens (tertiary/aromatic N) is 2. The highest BCUT2D eigenvalue weighted by molar-refractivity contribution is 6.31. The molecule has 0 atom stereocenters. The highest BCUT2D eigenvalue weighted by atomic mass is 35.5. The first-order valence-electron chi connectivity index (χ1n) is 8.22. The average Bonchev–Trinajstić information content (AvgIpc) is 3.08. The Hall–Kier alpha value is -3.11. The lowest BCUT2D eigenvalue weighted by Crippen LogP contribution is -2.13. The summed E-state index contributed by atoms with van der Waals surface area (Å²) >= 11 is 6.02. The smallest absolute Gasteiger partial charge is 0.255 e. The van der Waals surface area contributed by atoms with Crippen molar-refractivity contribution in [3.05, 3.63) is 89.2 Å². The molecule has 0 aliphatic heterocycles. The van der Waals surface area contributed by atoms with Crippen molar-refractivity contribution in [3.63, 3.8) is 0 Å². The molecular formula is C21H16ClN3O. The Bertz CT molecular complexity index is 1100. The zero-order valence-electron chi connectivity index (χ0n) is 14.1. The van der Waals surface area contributed by atoms with Gasteiger partial charge in [-0.25, -0.2) is 4.98 Å². The van der Waals surface area contributed by atoms with E-state index in [2.05, 4.69) is 10.3 Å². The normalized spacial score (nSPS) is 10.8. The Kier molecular flexibility index (Phi) is 4.19. The van der Waals surface area contributed by atoms with Crippen LogP contribution >= 0.6 is 11.6 Å². The summed E-state index contributed by atoms with van der Waals surface area (Å²) in [6.07, 6.45) is 3.79. The molecule has 4 rings (SSSR count). The maximum absolute atomic E-state index is 12.6. The van der Waals surface area contributed by atoms with Crippen LogP contribution in [0.25, 0.3) is 16.9 Å². The topological polar surface area (TPSA) is 46.4 Å². The van der Waals surface area contributed by atoms with E-state index in [1.165, 1.54) is 0 Å². The maximum Gasteiger partial charge on any atom is 0.255 e. The number of aryl methyl sites for hydroxylation is 1. The standard InChI is InChI=1S/C21H16ClN3O/c1-14-7-8-17(22)12-18(14)24-21(26)16-9-10-25-13-19(23-20(25)11-16)15-5-3-2-4-6-15/h2-13H,1H3,(H,24,26). The fourth-order valence-corrected chi connectivity index (χ4v) is 2.97. The lowest BCUT2D eigenvalue weighted by Gasteiger charge is -2.09. The number of halogens is 1. The van der Waals surface area contributed by atoms with Gasteiger partial charge in [0, 0.05) is 34.2 Å². The first-order chi connectivity index (χ1) is 12.6. The number of rotatable bonds is 3. The molecule has 2 aromatic heterocycles. The van der Waals surface area contributed by atoms with E-state index in [4.69, 9.17) is 11.6 Å². The minimum atomic E-state index is -0.192. The van der Waals surface area contributed by atoms with Crippen LogP contribution in [0.15, 0.2) is 73.1 Å². The van der Waals surface area contributed by atoms with E-state index < -0.39 is 0 Å². The molecule has 0 aliphatic carbocycles. The van der Waals surface area contributed by atoms with Crippen LogP contribution in [0, 0.1) is 6.92 Å². The van der Waals surface area contributed by atoms with E-state index in [9.17, 15) is 4.79 Å². The molecule has 0 saturated heterocycles. The third-order valence-corrected chi connectivity index (χ3v) is 4.47. The molecular weight excluding hydrogens is 346 g/mol. The summed E-state index contributed by atoms with van der Waals surface area (Å²) < 4.78 is 1.91. The predicted octanol–water partition coefficient (Wildman–Crippen LogP) is 5.22. The van der Waals surface area contributed by atoms with E-state index in [0.29, 0.717) is 16.3 Å². The van der Waals surface area contributed by atoms with Gasteiger partial charge in [-0.1, -0.05) is 48.0 Å². The molecule has 2 heterocycles. The third-order valence-electron chi connectivity index (χ3n) is 4.24. The first kappa shape index (κ1) is 16.4. The van der Waals surface area contributed by atoms with Gasteiger partial charge in [-0.05, 0) is 36.8 Å². The van der Waals surface area contributed by atoms with Gasteiger partial charge in [0.05, 0.1) is 5.69 Å². The molecule has 1 N–H and O–H groups in total. The quantitative estimate of drug-likeness (QED) is 0.544. The van der Waals surface area contributed by atoms with Crippen molar-refractivity contribution in [3.8, 4) is 11.3 Å². The van der Waals surface area contributed by atoms with E-state index in [1.807, 2.05) is 60.1 Å². The van der Waals surface area contributed by atoms with Gasteiger partial charge in [0.25, 0.3) is 5.91 Å². The highest BCUT2D eigenvalue weighted by Crippen LogP contribution is 2.22. The number of amides is 1. The van der Waals surface area contributed by atoms with Gasteiger partial charge in [-0.15, -0.1) is 0 Å². The van der Waals surface area contributed by atoms with Crippen LogP contribution in [0.2, 0.25) is 5.02 Å². The van der Waals surface area contributed by atoms with E-state index >= 15 is 0 Å². The van der Waals surface area contributed by atoms with Crippen molar-refractivity contribution < 1.29 is 4.79 Å². The fourth-order valence-electron chi connectivity index (χ4n) is 2.79. The van der Waals surface area contributed by atoms with Crippen LogP contribution in [0.5, 0.6) is 0 Å². The molecule has 26 heavy (non-hydrogen) atoms. The van der Waals surface area contributed by atoms with Crippen LogP contribution < -0.4 is 5.32 Å². The molecule has 0 spiro atoms. The number of hydrogen-bond donors (Lipinski definition) is 1. The van der Waals surface area contributed by atoms with Crippen LogP contribution in [-0.2, 0) is 0 Å². The molecule has 0 unspecified atom stereocenters. The summed E-state index contributed by atoms with van der Waals surface area (Å²) in [4.78, 5) is 17.2. The van der Waals surface area contributed by atoms with Crippen molar-refractivity contribution >= 4 is 28.8 Å². The number of hydrogen-bond acceptors (Lipinski definition) is 2. The monoisotopic (exact) mass is 361 g/mol. The van der Waals surface area contributed by atoms with Gasteiger partial charge >= 0.3 is 0 Å². The maximum atomic E-state index is 12.6. The molecule has 4 aromatic rings. The van der Waals surface area contributed by atoms with Crippen molar-refractivity contribution in [1.29, 1.82) is 0 Å². The Morgan fingerprint density at radius 1 is 1.08 bits per heavy atom. The molecule has 128 valence electrons. The summed E-state index contributed by atoms with van der Waals surface area (Å²) in [7, 11) is 0. The van der Waals surface area contributed by atoms with E-state index in [-0.39, 0.29) is 5.91 Å². The van der Waals surface area contributed by atoms with Gasteiger partial charge in [0.2, 0.25) is 0 Å². The summed E-state index contributed by atoms with van der Waals surface area (Å²) in [5, 5.41) is 3.50. The molecule has 5 heteroatoms. The summed E-state index contributed by atoms with van der Waals surface area (Å²) in [6, 6.07) is 18.9. The van der Waals surface area contributed by atoms with Crippen LogP contribution in [-0.4, -0.2) is 15.3 Å². The molecule has 0 aliphatic rings. The predicted molar refractivity (Wildman–Crippen MR) is 105 cm³/mol. The number of nitrogens with one attached hydrogen (secondary N) is 1. The Balaban J connectivity index is 1.64. The number of carbonyl (C=O) groups is 1. The third kappa shape index (κ3) is 3.19. The number of fused-ring (bicyclic) bond motifs is 1. The van der Waals surface area contributed by atoms with Crippen molar-refractivity contribution in [1.82, 2.24) is 9.38 Å². The number of pyridine rings is 1. The largest absolute Gasteiger partial charge is 0.322 e. The molecule has 4 nitrogen and oxygen atoms in total. The Morgan fingerprint density at radius 2 is 1.88 bits per heavy atom. The van der Waals surface area contributed by atoms with Crippen molar-refractivity contribution in [2.45, 2.75) is 6.92 Å². The van der Waals surface area contributed by atoms with Crippen molar-refractivity contribution in [2.24, 2.45) is 0 Å². The summed E-state index contributed by atoms with van der Waals surface area (Å²) in [5.41, 5.74) is 4.83. The Morgan fingerprint density at radius 3 is 2.69 bits per heavy atom. The molecule has 0 fully saturated rings. The van der Waals surface area contributed by atoms with Crippen LogP contribution in [0.3, 0.4) is 0 Å². The number of anilines is 1. The molecule has 0 bridgehead atoms. The van der Waals surface area contributed by atoms with Crippen LogP contribution in [0.1, 0.15) is 15.9 Å². The molecule has 2 aromatic carbocycles. The molecule has 0 saturated carbocycles. The van der Waals surface area contributed by atoms with Gasteiger partial charge in [-0.3, -0.25) is 4.79 Å². The molecule has 0 radical (unpaired) electrons. The van der Waals surface area contributed by atoms with Gasteiger partial charge < -0.3 is 9.72 Å². The number of aromatic nitrogens is 2. The second kappa shape index (κ2) is 6.65. The van der Waals surface area contributed by atoms with E-state index in [0.717, 1.165) is 22.5 Å². The molecule has 1 amide bonds. The highest BCUT2D eigenvalue weighted by Gasteiger charge is 2.11. The van der Waals surface area contributed by atoms with Crippen LogP contribution in [0.4, 0.5) is 5.69 Å². The van der Waals surface area contributed by atoms with E-state index in [1.54, 1.807) is 24.3 Å². The Labute approximate surface area is 156 Å². The zero-order chi connectivity index (χ0) is 18.1. The average molecular weight is 362 g/mol. The number of carbonyl (C=O) groups excluding carboxylic acids is 1. The number of benzene rings is 2. The van der Waals surface area contributed by atoms with Gasteiger partial charge in [0.1, 0.15) is 5.65 Å². The fraction of sp³-hybridized carbons (Fsp3) is 0.0476. The second-order valence-electron chi connectivity index (χ2n) is 6.09.